The van der Waals surface area contributed by atoms with Crippen LogP contribution >= 0.6 is 0 Å². The molecule has 6 nitrogen and oxygen atoms in total. The van der Waals surface area contributed by atoms with Crippen molar-refractivity contribution in [3.05, 3.63) is 60.3 Å². The van der Waals surface area contributed by atoms with Crippen LogP contribution in [0.2, 0.25) is 0 Å². The molecule has 1 heterocycles. The zero-order valence-electron chi connectivity index (χ0n) is 14.4. The number of anilines is 4. The van der Waals surface area contributed by atoms with Gasteiger partial charge in [-0.2, -0.15) is 10.1 Å². The molecule has 0 radical (unpaired) electrons. The summed E-state index contributed by atoms with van der Waals surface area (Å²) in [7, 11) is 0. The minimum atomic E-state index is 0.445. The zero-order valence-corrected chi connectivity index (χ0v) is 14.4. The van der Waals surface area contributed by atoms with E-state index in [0.717, 1.165) is 23.5 Å². The first-order valence-corrected chi connectivity index (χ1v) is 8.32. The number of nitrogens with zero attached hydrogens (tertiary/aromatic N) is 3. The van der Waals surface area contributed by atoms with Crippen LogP contribution in [0.1, 0.15) is 19.4 Å². The standard InChI is InChI=1S/C19H21N5O/c1-3-14-5-7-16(8-6-14)22-19-23-18(13-20-24-19)21-15-9-11-17(12-10-15)25-4-2/h5-13H,3-4H2,1-2H3,(H2,21,22,23,24). The van der Waals surface area contributed by atoms with Gasteiger partial charge in [0.2, 0.25) is 5.95 Å². The van der Waals surface area contributed by atoms with Crippen molar-refractivity contribution in [3.63, 3.8) is 0 Å². The Morgan fingerprint density at radius 3 is 2.24 bits per heavy atom. The van der Waals surface area contributed by atoms with Gasteiger partial charge in [0, 0.05) is 11.4 Å². The number of aryl methyl sites for hydroxylation is 1. The summed E-state index contributed by atoms with van der Waals surface area (Å²) in [6.07, 6.45) is 2.60. The quantitative estimate of drug-likeness (QED) is 0.670. The molecule has 2 aromatic carbocycles. The minimum Gasteiger partial charge on any atom is -0.494 e. The zero-order chi connectivity index (χ0) is 17.5. The van der Waals surface area contributed by atoms with Gasteiger partial charge in [0.25, 0.3) is 0 Å². The second kappa shape index (κ2) is 8.10. The van der Waals surface area contributed by atoms with Gasteiger partial charge >= 0.3 is 0 Å². The molecule has 0 unspecified atom stereocenters. The van der Waals surface area contributed by atoms with E-state index in [-0.39, 0.29) is 0 Å². The number of rotatable bonds is 7. The number of nitrogens with one attached hydrogen (secondary N) is 2. The lowest BCUT2D eigenvalue weighted by Crippen LogP contribution is -2.02. The van der Waals surface area contributed by atoms with E-state index < -0.39 is 0 Å². The number of benzene rings is 2. The normalized spacial score (nSPS) is 10.3. The third kappa shape index (κ3) is 4.67. The molecule has 1 aromatic heterocycles. The van der Waals surface area contributed by atoms with Crippen molar-refractivity contribution in [1.82, 2.24) is 15.2 Å². The topological polar surface area (TPSA) is 72.0 Å². The molecule has 6 heteroatoms. The molecule has 0 fully saturated rings. The lowest BCUT2D eigenvalue weighted by molar-refractivity contribution is 0.340. The molecule has 0 bridgehead atoms. The van der Waals surface area contributed by atoms with Crippen molar-refractivity contribution in [2.24, 2.45) is 0 Å². The van der Waals surface area contributed by atoms with E-state index in [0.29, 0.717) is 18.4 Å². The number of ether oxygens (including phenoxy) is 1. The smallest absolute Gasteiger partial charge is 0.249 e. The Hall–Kier alpha value is -3.15. The number of aromatic nitrogens is 3. The van der Waals surface area contributed by atoms with Crippen molar-refractivity contribution in [3.8, 4) is 5.75 Å². The Bertz CT molecular complexity index is 803. The second-order valence-electron chi connectivity index (χ2n) is 5.42. The van der Waals surface area contributed by atoms with E-state index in [1.54, 1.807) is 6.20 Å². The highest BCUT2D eigenvalue weighted by atomic mass is 16.5. The van der Waals surface area contributed by atoms with Crippen LogP contribution in [0, 0.1) is 0 Å². The van der Waals surface area contributed by atoms with Crippen molar-refractivity contribution in [2.45, 2.75) is 20.3 Å². The molecule has 0 saturated heterocycles. The van der Waals surface area contributed by atoms with Crippen LogP contribution in [-0.4, -0.2) is 21.8 Å². The van der Waals surface area contributed by atoms with Crippen molar-refractivity contribution < 1.29 is 4.74 Å². The molecule has 0 aliphatic carbocycles. The van der Waals surface area contributed by atoms with Crippen molar-refractivity contribution in [2.75, 3.05) is 17.2 Å². The number of hydrogen-bond donors (Lipinski definition) is 2. The summed E-state index contributed by atoms with van der Waals surface area (Å²) in [4.78, 5) is 4.44. The summed E-state index contributed by atoms with van der Waals surface area (Å²) in [6, 6.07) is 15.9. The predicted octanol–water partition coefficient (Wildman–Crippen LogP) is 4.32. The van der Waals surface area contributed by atoms with Crippen LogP contribution in [-0.2, 0) is 6.42 Å². The van der Waals surface area contributed by atoms with Gasteiger partial charge in [-0.15, -0.1) is 5.10 Å². The van der Waals surface area contributed by atoms with Crippen LogP contribution in [0.15, 0.2) is 54.7 Å². The Kier molecular flexibility index (Phi) is 5.41. The lowest BCUT2D eigenvalue weighted by Gasteiger charge is -2.09. The first kappa shape index (κ1) is 16.7. The largest absolute Gasteiger partial charge is 0.494 e. The second-order valence-corrected chi connectivity index (χ2v) is 5.42. The van der Waals surface area contributed by atoms with Gasteiger partial charge in [0.1, 0.15) is 5.75 Å². The Morgan fingerprint density at radius 2 is 1.56 bits per heavy atom. The van der Waals surface area contributed by atoms with Crippen LogP contribution in [0.4, 0.5) is 23.1 Å². The van der Waals surface area contributed by atoms with Gasteiger partial charge < -0.3 is 15.4 Å². The van der Waals surface area contributed by atoms with Gasteiger partial charge in [-0.25, -0.2) is 0 Å². The fraction of sp³-hybridized carbons (Fsp3) is 0.211. The van der Waals surface area contributed by atoms with E-state index in [2.05, 4.69) is 44.9 Å². The van der Waals surface area contributed by atoms with E-state index in [1.165, 1.54) is 5.56 Å². The van der Waals surface area contributed by atoms with Crippen LogP contribution in [0.5, 0.6) is 5.75 Å². The maximum Gasteiger partial charge on any atom is 0.249 e. The van der Waals surface area contributed by atoms with Gasteiger partial charge in [-0.05, 0) is 55.3 Å². The van der Waals surface area contributed by atoms with Gasteiger partial charge in [0.05, 0.1) is 12.8 Å². The molecular formula is C19H21N5O. The Balaban J connectivity index is 1.68. The third-order valence-electron chi connectivity index (χ3n) is 3.61. The first-order chi connectivity index (χ1) is 12.3. The minimum absolute atomic E-state index is 0.445. The van der Waals surface area contributed by atoms with Crippen LogP contribution < -0.4 is 15.4 Å². The molecule has 25 heavy (non-hydrogen) atoms. The highest BCUT2D eigenvalue weighted by Crippen LogP contribution is 2.20. The van der Waals surface area contributed by atoms with Crippen LogP contribution in [0.25, 0.3) is 0 Å². The van der Waals surface area contributed by atoms with Gasteiger partial charge in [0.15, 0.2) is 5.82 Å². The molecule has 0 spiro atoms. The third-order valence-corrected chi connectivity index (χ3v) is 3.61. The summed E-state index contributed by atoms with van der Waals surface area (Å²) in [5, 5.41) is 14.4. The summed E-state index contributed by atoms with van der Waals surface area (Å²) in [6.45, 7) is 4.74. The average molecular weight is 335 g/mol. The van der Waals surface area contributed by atoms with Crippen LogP contribution in [0.3, 0.4) is 0 Å². The molecule has 0 aliphatic heterocycles. The summed E-state index contributed by atoms with van der Waals surface area (Å²) >= 11 is 0. The highest BCUT2D eigenvalue weighted by Gasteiger charge is 2.03. The average Bonchev–Trinajstić information content (AvgIpc) is 2.65. The van der Waals surface area contributed by atoms with E-state index in [1.807, 2.05) is 43.3 Å². The number of hydrogen-bond acceptors (Lipinski definition) is 6. The SMILES string of the molecule is CCOc1ccc(Nc2cnnc(Nc3ccc(CC)cc3)n2)cc1. The van der Waals surface area contributed by atoms with Crippen molar-refractivity contribution in [1.29, 1.82) is 0 Å². The molecule has 2 N–H and O–H groups in total. The fourth-order valence-corrected chi connectivity index (χ4v) is 2.32. The van der Waals surface area contributed by atoms with Gasteiger partial charge in [-0.1, -0.05) is 19.1 Å². The molecule has 3 aromatic rings. The lowest BCUT2D eigenvalue weighted by atomic mass is 10.1. The maximum atomic E-state index is 5.44. The predicted molar refractivity (Wildman–Crippen MR) is 99.8 cm³/mol. The van der Waals surface area contributed by atoms with Gasteiger partial charge in [-0.3, -0.25) is 0 Å². The highest BCUT2D eigenvalue weighted by molar-refractivity contribution is 5.59. The molecule has 0 aliphatic rings. The van der Waals surface area contributed by atoms with Crippen molar-refractivity contribution >= 4 is 23.1 Å². The first-order valence-electron chi connectivity index (χ1n) is 8.32. The summed E-state index contributed by atoms with van der Waals surface area (Å²) < 4.78 is 5.44. The van der Waals surface area contributed by atoms with E-state index >= 15 is 0 Å². The molecule has 0 amide bonds. The Morgan fingerprint density at radius 1 is 0.880 bits per heavy atom. The van der Waals surface area contributed by atoms with E-state index in [9.17, 15) is 0 Å². The maximum absolute atomic E-state index is 5.44. The fourth-order valence-electron chi connectivity index (χ4n) is 2.32. The molecule has 0 saturated carbocycles. The van der Waals surface area contributed by atoms with E-state index in [4.69, 9.17) is 4.74 Å². The Labute approximate surface area is 147 Å². The summed E-state index contributed by atoms with van der Waals surface area (Å²) in [5.41, 5.74) is 3.12. The molecule has 3 rings (SSSR count). The monoisotopic (exact) mass is 335 g/mol. The summed E-state index contributed by atoms with van der Waals surface area (Å²) in [5.74, 6) is 1.90. The molecule has 128 valence electrons. The molecular weight excluding hydrogens is 314 g/mol. The molecule has 0 atom stereocenters.